The number of hydrogen-bond acceptors (Lipinski definition) is 7. The number of carboxylic acid groups (broad SMARTS) is 1. The fraction of sp³-hybridized carbons (Fsp3) is 0.208. The zero-order valence-electron chi connectivity index (χ0n) is 18.6. The molecule has 0 atom stereocenters. The van der Waals surface area contributed by atoms with Crippen molar-refractivity contribution in [1.29, 1.82) is 0 Å². The third-order valence-electron chi connectivity index (χ3n) is 4.78. The number of nitro benzene ring substituents is 1. The van der Waals surface area contributed by atoms with Gasteiger partial charge in [-0.3, -0.25) is 24.3 Å². The molecule has 1 heterocycles. The Hall–Kier alpha value is -4.47. The molecule has 0 amide bonds. The van der Waals surface area contributed by atoms with Gasteiger partial charge in [-0.2, -0.15) is 0 Å². The highest BCUT2D eigenvalue weighted by atomic mass is 16.6. The van der Waals surface area contributed by atoms with E-state index in [-0.39, 0.29) is 35.2 Å². The van der Waals surface area contributed by atoms with E-state index in [0.717, 1.165) is 16.2 Å². The minimum Gasteiger partial charge on any atom is -0.480 e. The molecular formula is C24H23N3O7. The van der Waals surface area contributed by atoms with Crippen LogP contribution in [0.15, 0.2) is 65.5 Å². The normalized spacial score (nSPS) is 10.7. The van der Waals surface area contributed by atoms with Gasteiger partial charge in [0.1, 0.15) is 18.8 Å². The Morgan fingerprint density at radius 3 is 2.44 bits per heavy atom. The van der Waals surface area contributed by atoms with Crippen LogP contribution in [0.5, 0.6) is 0 Å². The van der Waals surface area contributed by atoms with E-state index in [4.69, 9.17) is 4.74 Å². The molecule has 0 aliphatic rings. The number of pyridine rings is 1. The zero-order valence-corrected chi connectivity index (χ0v) is 18.6. The van der Waals surface area contributed by atoms with Crippen LogP contribution in [-0.4, -0.2) is 32.6 Å². The van der Waals surface area contributed by atoms with Crippen molar-refractivity contribution >= 4 is 23.3 Å². The van der Waals surface area contributed by atoms with Gasteiger partial charge in [-0.25, -0.2) is 4.79 Å². The first kappa shape index (κ1) is 24.2. The number of aliphatic carboxylic acids is 1. The second-order valence-corrected chi connectivity index (χ2v) is 7.80. The number of carbonyl (C=O) groups is 2. The van der Waals surface area contributed by atoms with Crippen molar-refractivity contribution in [2.24, 2.45) is 0 Å². The van der Waals surface area contributed by atoms with E-state index >= 15 is 0 Å². The third-order valence-corrected chi connectivity index (χ3v) is 4.78. The zero-order chi connectivity index (χ0) is 24.8. The third kappa shape index (κ3) is 5.85. The second kappa shape index (κ2) is 10.4. The number of nitro groups is 1. The number of nitrogens with zero attached hydrogens (tertiary/aromatic N) is 2. The molecule has 1 aromatic heterocycles. The summed E-state index contributed by atoms with van der Waals surface area (Å²) in [6, 6.07) is 15.4. The van der Waals surface area contributed by atoms with Crippen molar-refractivity contribution < 1.29 is 24.4 Å². The summed E-state index contributed by atoms with van der Waals surface area (Å²) in [4.78, 5) is 47.9. The lowest BCUT2D eigenvalue weighted by Crippen LogP contribution is -2.29. The molecule has 0 bridgehead atoms. The lowest BCUT2D eigenvalue weighted by Gasteiger charge is -2.16. The van der Waals surface area contributed by atoms with Gasteiger partial charge < -0.3 is 15.2 Å². The van der Waals surface area contributed by atoms with Gasteiger partial charge in [0.15, 0.2) is 0 Å². The summed E-state index contributed by atoms with van der Waals surface area (Å²) in [6.07, 6.45) is 0. The molecule has 0 aliphatic carbocycles. The van der Waals surface area contributed by atoms with Gasteiger partial charge in [0.05, 0.1) is 16.2 Å². The van der Waals surface area contributed by atoms with Gasteiger partial charge in [0.2, 0.25) is 0 Å². The molecule has 0 spiro atoms. The van der Waals surface area contributed by atoms with Gasteiger partial charge in [0, 0.05) is 23.7 Å². The van der Waals surface area contributed by atoms with Crippen molar-refractivity contribution in [3.8, 4) is 11.3 Å². The second-order valence-electron chi connectivity index (χ2n) is 7.80. The molecule has 34 heavy (non-hydrogen) atoms. The average Bonchev–Trinajstić information content (AvgIpc) is 2.80. The smallest absolute Gasteiger partial charge is 0.338 e. The number of aromatic nitrogens is 1. The first-order valence-electron chi connectivity index (χ1n) is 10.4. The maximum absolute atomic E-state index is 12.9. The Balaban J connectivity index is 2.06. The van der Waals surface area contributed by atoms with Crippen molar-refractivity contribution in [3.05, 3.63) is 92.3 Å². The van der Waals surface area contributed by atoms with Crippen LogP contribution in [0.4, 0.5) is 11.4 Å². The van der Waals surface area contributed by atoms with Crippen molar-refractivity contribution in [1.82, 2.24) is 4.57 Å². The molecule has 10 heteroatoms. The molecule has 2 N–H and O–H groups in total. The minimum atomic E-state index is -1.27. The summed E-state index contributed by atoms with van der Waals surface area (Å²) >= 11 is 0. The summed E-state index contributed by atoms with van der Waals surface area (Å²) in [7, 11) is 0. The average molecular weight is 465 g/mol. The van der Waals surface area contributed by atoms with Crippen molar-refractivity contribution in [2.75, 3.05) is 5.32 Å². The van der Waals surface area contributed by atoms with Crippen molar-refractivity contribution in [2.45, 2.75) is 33.0 Å². The molecule has 0 saturated carbocycles. The molecule has 3 rings (SSSR count). The highest BCUT2D eigenvalue weighted by Crippen LogP contribution is 2.27. The SMILES string of the molecule is CC(C)Nc1ccc(-c2cc(C(=O)OCc3ccccc3)cc([N+](=O)[O-])c2)n(CC(=O)O)c1=O. The van der Waals surface area contributed by atoms with Crippen LogP contribution in [0.1, 0.15) is 29.8 Å². The lowest BCUT2D eigenvalue weighted by atomic mass is 10.0. The topological polar surface area (TPSA) is 141 Å². The number of esters is 1. The van der Waals surface area contributed by atoms with Gasteiger partial charge in [-0.05, 0) is 37.6 Å². The van der Waals surface area contributed by atoms with E-state index in [2.05, 4.69) is 5.32 Å². The molecule has 3 aromatic rings. The first-order chi connectivity index (χ1) is 16.2. The molecule has 10 nitrogen and oxygen atoms in total. The maximum atomic E-state index is 12.9. The standard InChI is InChI=1S/C24H23N3O7/c1-15(2)25-20-8-9-21(26(23(20)30)13-22(28)29)17-10-18(12-19(11-17)27(32)33)24(31)34-14-16-6-4-3-5-7-16/h3-12,15,25H,13-14H2,1-2H3,(H,28,29). The molecular weight excluding hydrogens is 442 g/mol. The number of non-ortho nitro benzene ring substituents is 1. The number of carbonyl (C=O) groups excluding carboxylic acids is 1. The summed E-state index contributed by atoms with van der Waals surface area (Å²) in [5.41, 5.74) is 0.0748. The number of nitrogens with one attached hydrogen (secondary N) is 1. The van der Waals surface area contributed by atoms with E-state index in [1.807, 2.05) is 19.9 Å². The quantitative estimate of drug-likeness (QED) is 0.277. The van der Waals surface area contributed by atoms with Gasteiger partial charge >= 0.3 is 11.9 Å². The number of carboxylic acids is 1. The molecule has 0 radical (unpaired) electrons. The van der Waals surface area contributed by atoms with Crippen LogP contribution in [-0.2, 0) is 22.7 Å². The number of rotatable bonds is 9. The van der Waals surface area contributed by atoms with Crippen LogP contribution in [0.25, 0.3) is 11.3 Å². The summed E-state index contributed by atoms with van der Waals surface area (Å²) in [6.45, 7) is 2.95. The molecule has 0 unspecified atom stereocenters. The summed E-state index contributed by atoms with van der Waals surface area (Å²) in [5, 5.41) is 23.8. The van der Waals surface area contributed by atoms with E-state index in [1.165, 1.54) is 24.3 Å². The summed E-state index contributed by atoms with van der Waals surface area (Å²) in [5.74, 6) is -2.06. The van der Waals surface area contributed by atoms with E-state index in [1.54, 1.807) is 24.3 Å². The Morgan fingerprint density at radius 2 is 1.82 bits per heavy atom. The molecule has 0 aliphatic heterocycles. The van der Waals surface area contributed by atoms with Crippen LogP contribution < -0.4 is 10.9 Å². The number of ether oxygens (including phenoxy) is 1. The summed E-state index contributed by atoms with van der Waals surface area (Å²) < 4.78 is 6.28. The Bertz CT molecular complexity index is 1280. The van der Waals surface area contributed by atoms with Gasteiger partial charge in [-0.1, -0.05) is 30.3 Å². The number of benzene rings is 2. The predicted octanol–water partition coefficient (Wildman–Crippen LogP) is 3.69. The first-order valence-corrected chi connectivity index (χ1v) is 10.4. The maximum Gasteiger partial charge on any atom is 0.338 e. The largest absolute Gasteiger partial charge is 0.480 e. The highest BCUT2D eigenvalue weighted by Gasteiger charge is 2.20. The van der Waals surface area contributed by atoms with Crippen molar-refractivity contribution in [3.63, 3.8) is 0 Å². The van der Waals surface area contributed by atoms with Crippen LogP contribution in [0.2, 0.25) is 0 Å². The highest BCUT2D eigenvalue weighted by molar-refractivity contribution is 5.92. The fourth-order valence-corrected chi connectivity index (χ4v) is 3.33. The van der Waals surface area contributed by atoms with Crippen LogP contribution in [0, 0.1) is 10.1 Å². The predicted molar refractivity (Wildman–Crippen MR) is 125 cm³/mol. The van der Waals surface area contributed by atoms with Crippen LogP contribution in [0.3, 0.4) is 0 Å². The number of anilines is 1. The Kier molecular flexibility index (Phi) is 7.42. The number of hydrogen-bond donors (Lipinski definition) is 2. The Morgan fingerprint density at radius 1 is 1.12 bits per heavy atom. The van der Waals surface area contributed by atoms with E-state index in [0.29, 0.717) is 0 Å². The molecule has 2 aromatic carbocycles. The fourth-order valence-electron chi connectivity index (χ4n) is 3.33. The molecule has 176 valence electrons. The Labute approximate surface area is 194 Å². The van der Waals surface area contributed by atoms with Crippen LogP contribution >= 0.6 is 0 Å². The monoisotopic (exact) mass is 465 g/mol. The lowest BCUT2D eigenvalue weighted by molar-refractivity contribution is -0.384. The van der Waals surface area contributed by atoms with E-state index in [9.17, 15) is 29.6 Å². The van der Waals surface area contributed by atoms with Gasteiger partial charge in [0.25, 0.3) is 11.2 Å². The van der Waals surface area contributed by atoms with Gasteiger partial charge in [-0.15, -0.1) is 0 Å². The molecule has 0 fully saturated rings. The minimum absolute atomic E-state index is 0.0308. The molecule has 0 saturated heterocycles. The van der Waals surface area contributed by atoms with E-state index < -0.39 is 34.7 Å².